The molecule has 5 nitrogen and oxygen atoms in total. The molecule has 0 atom stereocenters. The number of carbonyl (C=O) groups is 2. The molecule has 0 saturated carbocycles. The van der Waals surface area contributed by atoms with Gasteiger partial charge in [-0.25, -0.2) is 4.39 Å². The summed E-state index contributed by atoms with van der Waals surface area (Å²) < 4.78 is 13.3. The minimum atomic E-state index is -1.02. The van der Waals surface area contributed by atoms with Crippen LogP contribution in [0.3, 0.4) is 0 Å². The van der Waals surface area contributed by atoms with Crippen LogP contribution < -0.4 is 11.1 Å². The van der Waals surface area contributed by atoms with Gasteiger partial charge < -0.3 is 16.2 Å². The molecule has 0 spiro atoms. The predicted molar refractivity (Wildman–Crippen MR) is 73.8 cm³/mol. The summed E-state index contributed by atoms with van der Waals surface area (Å²) in [5.41, 5.74) is 4.25. The van der Waals surface area contributed by atoms with Gasteiger partial charge in [0.05, 0.1) is 16.7 Å². The molecule has 4 N–H and O–H groups in total. The van der Waals surface area contributed by atoms with Crippen LogP contribution in [0.1, 0.15) is 37.0 Å². The van der Waals surface area contributed by atoms with Crippen molar-refractivity contribution in [1.29, 1.82) is 0 Å². The fourth-order valence-electron chi connectivity index (χ4n) is 1.96. The van der Waals surface area contributed by atoms with Crippen LogP contribution in [0.2, 0.25) is 0 Å². The first-order chi connectivity index (χ1) is 9.38. The van der Waals surface area contributed by atoms with E-state index < -0.39 is 23.1 Å². The Labute approximate surface area is 117 Å². The van der Waals surface area contributed by atoms with E-state index in [2.05, 4.69) is 5.32 Å². The van der Waals surface area contributed by atoms with Gasteiger partial charge in [0.15, 0.2) is 0 Å². The van der Waals surface area contributed by atoms with E-state index in [0.29, 0.717) is 12.8 Å². The molecule has 0 fully saturated rings. The molecule has 0 bridgehead atoms. The third-order valence-electron chi connectivity index (χ3n) is 3.69. The Morgan fingerprint density at radius 1 is 1.35 bits per heavy atom. The lowest BCUT2D eigenvalue weighted by molar-refractivity contribution is -0.149. The number of hydrogen-bond acceptors (Lipinski definition) is 3. The highest BCUT2D eigenvalue weighted by Crippen LogP contribution is 2.26. The van der Waals surface area contributed by atoms with Crippen molar-refractivity contribution in [3.05, 3.63) is 29.6 Å². The van der Waals surface area contributed by atoms with E-state index in [1.165, 1.54) is 12.1 Å². The number of anilines is 1. The topological polar surface area (TPSA) is 92.4 Å². The number of rotatable bonds is 6. The second kappa shape index (κ2) is 6.36. The fourth-order valence-corrected chi connectivity index (χ4v) is 1.96. The number of halogens is 1. The molecular weight excluding hydrogens is 263 g/mol. The van der Waals surface area contributed by atoms with Gasteiger partial charge in [-0.15, -0.1) is 0 Å². The lowest BCUT2D eigenvalue weighted by Gasteiger charge is -2.26. The average molecular weight is 282 g/mol. The van der Waals surface area contributed by atoms with E-state index in [0.717, 1.165) is 6.07 Å². The minimum Gasteiger partial charge on any atom is -0.481 e. The monoisotopic (exact) mass is 282 g/mol. The molecule has 1 aromatic rings. The summed E-state index contributed by atoms with van der Waals surface area (Å²) in [6.07, 6.45) is 0.773. The lowest BCUT2D eigenvalue weighted by atomic mass is 9.82. The van der Waals surface area contributed by atoms with Crippen LogP contribution in [0, 0.1) is 11.2 Å². The molecule has 1 amide bonds. The Balaban J connectivity index is 2.86. The smallest absolute Gasteiger partial charge is 0.311 e. The number of nitrogens with one attached hydrogen (secondary N) is 1. The highest BCUT2D eigenvalue weighted by atomic mass is 19.1. The molecule has 0 radical (unpaired) electrons. The van der Waals surface area contributed by atoms with Crippen LogP contribution >= 0.6 is 0 Å². The van der Waals surface area contributed by atoms with E-state index >= 15 is 0 Å². The molecule has 6 heteroatoms. The second-order valence-electron chi connectivity index (χ2n) is 4.68. The zero-order valence-corrected chi connectivity index (χ0v) is 11.6. The number of aliphatic carboxylic acids is 1. The third kappa shape index (κ3) is 3.07. The number of amides is 1. The van der Waals surface area contributed by atoms with Crippen LogP contribution in [0.25, 0.3) is 0 Å². The minimum absolute atomic E-state index is 0.0106. The molecule has 0 aromatic heterocycles. The van der Waals surface area contributed by atoms with E-state index in [1.54, 1.807) is 13.8 Å². The predicted octanol–water partition coefficient (Wildman–Crippen LogP) is 2.03. The summed E-state index contributed by atoms with van der Waals surface area (Å²) in [5.74, 6) is -2.21. The van der Waals surface area contributed by atoms with Gasteiger partial charge in [-0.05, 0) is 25.0 Å². The molecule has 110 valence electrons. The Bertz CT molecular complexity index is 513. The number of benzene rings is 1. The standard InChI is InChI=1S/C14H19FN2O3/c1-3-14(4-2,13(19)20)8-17-12(18)9-6-5-7-10(15)11(9)16/h5-7H,3-4,8,16H2,1-2H3,(H,17,18)(H,19,20). The molecule has 0 unspecified atom stereocenters. The maximum Gasteiger partial charge on any atom is 0.311 e. The van der Waals surface area contributed by atoms with Crippen molar-refractivity contribution in [2.24, 2.45) is 5.41 Å². The van der Waals surface area contributed by atoms with Gasteiger partial charge in [-0.2, -0.15) is 0 Å². The number of carboxylic acids is 1. The van der Waals surface area contributed by atoms with E-state index in [9.17, 15) is 19.1 Å². The normalized spacial score (nSPS) is 11.2. The summed E-state index contributed by atoms with van der Waals surface area (Å²) >= 11 is 0. The molecule has 0 aliphatic rings. The Morgan fingerprint density at radius 3 is 2.45 bits per heavy atom. The van der Waals surface area contributed by atoms with E-state index in [-0.39, 0.29) is 17.8 Å². The van der Waals surface area contributed by atoms with Gasteiger partial charge in [0, 0.05) is 6.54 Å². The zero-order valence-electron chi connectivity index (χ0n) is 11.6. The van der Waals surface area contributed by atoms with Crippen molar-refractivity contribution >= 4 is 17.6 Å². The molecule has 1 rings (SSSR count). The van der Waals surface area contributed by atoms with Crippen molar-refractivity contribution in [3.8, 4) is 0 Å². The summed E-state index contributed by atoms with van der Waals surface area (Å²) in [4.78, 5) is 23.3. The average Bonchev–Trinajstić information content (AvgIpc) is 2.43. The number of para-hydroxylation sites is 1. The lowest BCUT2D eigenvalue weighted by Crippen LogP contribution is -2.42. The van der Waals surface area contributed by atoms with Crippen LogP contribution in [-0.2, 0) is 4.79 Å². The summed E-state index contributed by atoms with van der Waals surface area (Å²) in [6, 6.07) is 3.94. The Morgan fingerprint density at radius 2 is 1.95 bits per heavy atom. The fraction of sp³-hybridized carbons (Fsp3) is 0.429. The van der Waals surface area contributed by atoms with Crippen LogP contribution in [0.15, 0.2) is 18.2 Å². The van der Waals surface area contributed by atoms with Crippen molar-refractivity contribution < 1.29 is 19.1 Å². The van der Waals surface area contributed by atoms with Crippen LogP contribution in [0.5, 0.6) is 0 Å². The van der Waals surface area contributed by atoms with Gasteiger partial charge in [-0.1, -0.05) is 19.9 Å². The largest absolute Gasteiger partial charge is 0.481 e. The molecule has 1 aromatic carbocycles. The Hall–Kier alpha value is -2.11. The van der Waals surface area contributed by atoms with Crippen molar-refractivity contribution in [1.82, 2.24) is 5.32 Å². The molecule has 0 saturated heterocycles. The van der Waals surface area contributed by atoms with Gasteiger partial charge in [0.2, 0.25) is 0 Å². The number of hydrogen-bond donors (Lipinski definition) is 3. The van der Waals surface area contributed by atoms with Gasteiger partial charge in [-0.3, -0.25) is 9.59 Å². The zero-order chi connectivity index (χ0) is 15.3. The number of nitrogens with two attached hydrogens (primary N) is 1. The number of carboxylic acid groups (broad SMARTS) is 1. The number of nitrogen functional groups attached to an aromatic ring is 1. The summed E-state index contributed by atoms with van der Waals surface area (Å²) in [6.45, 7) is 3.48. The van der Waals surface area contributed by atoms with Crippen molar-refractivity contribution in [2.75, 3.05) is 12.3 Å². The van der Waals surface area contributed by atoms with E-state index in [1.807, 2.05) is 0 Å². The van der Waals surface area contributed by atoms with E-state index in [4.69, 9.17) is 5.73 Å². The van der Waals surface area contributed by atoms with Crippen LogP contribution in [0.4, 0.5) is 10.1 Å². The SMILES string of the molecule is CCC(CC)(CNC(=O)c1cccc(F)c1N)C(=O)O. The first-order valence-corrected chi connectivity index (χ1v) is 6.43. The maximum atomic E-state index is 13.3. The van der Waals surface area contributed by atoms with Crippen LogP contribution in [-0.4, -0.2) is 23.5 Å². The first-order valence-electron chi connectivity index (χ1n) is 6.43. The molecular formula is C14H19FN2O3. The maximum absolute atomic E-state index is 13.3. The highest BCUT2D eigenvalue weighted by molar-refractivity contribution is 5.99. The molecule has 0 aliphatic heterocycles. The second-order valence-corrected chi connectivity index (χ2v) is 4.68. The Kier molecular flexibility index (Phi) is 5.07. The number of carbonyl (C=O) groups excluding carboxylic acids is 1. The summed E-state index contributed by atoms with van der Waals surface area (Å²) in [5, 5.41) is 11.8. The van der Waals surface area contributed by atoms with Crippen molar-refractivity contribution in [2.45, 2.75) is 26.7 Å². The third-order valence-corrected chi connectivity index (χ3v) is 3.69. The quantitative estimate of drug-likeness (QED) is 0.696. The molecule has 0 aliphatic carbocycles. The van der Waals surface area contributed by atoms with Gasteiger partial charge in [0.1, 0.15) is 5.82 Å². The van der Waals surface area contributed by atoms with Gasteiger partial charge in [0.25, 0.3) is 5.91 Å². The van der Waals surface area contributed by atoms with Crippen molar-refractivity contribution in [3.63, 3.8) is 0 Å². The first kappa shape index (κ1) is 15.9. The molecule has 0 heterocycles. The van der Waals surface area contributed by atoms with Gasteiger partial charge >= 0.3 is 5.97 Å². The summed E-state index contributed by atoms with van der Waals surface area (Å²) in [7, 11) is 0. The highest BCUT2D eigenvalue weighted by Gasteiger charge is 2.35. The molecule has 20 heavy (non-hydrogen) atoms.